The van der Waals surface area contributed by atoms with Crippen LogP contribution in [0.5, 0.6) is 23.0 Å². The minimum absolute atomic E-state index is 0. The van der Waals surface area contributed by atoms with E-state index >= 15 is 0 Å². The number of thioether (sulfide) groups is 1. The summed E-state index contributed by atoms with van der Waals surface area (Å²) in [6.07, 6.45) is 19.7. The molecule has 7 aliphatic heterocycles. The van der Waals surface area contributed by atoms with Crippen molar-refractivity contribution in [1.29, 1.82) is 0 Å². The monoisotopic (exact) mass is 2130 g/mol. The van der Waals surface area contributed by atoms with Gasteiger partial charge in [0.1, 0.15) is 81.7 Å². The van der Waals surface area contributed by atoms with Gasteiger partial charge in [-0.05, 0) is 215 Å². The Morgan fingerprint density at radius 2 is 1.02 bits per heavy atom. The number of piperidine rings is 4. The number of rotatable bonds is 5. The number of aliphatic hydroxyl groups is 1. The van der Waals surface area contributed by atoms with Crippen molar-refractivity contribution in [2.24, 2.45) is 0 Å². The van der Waals surface area contributed by atoms with Crippen molar-refractivity contribution < 1.29 is 213 Å². The van der Waals surface area contributed by atoms with Crippen molar-refractivity contribution in [3.8, 4) is 23.0 Å². The Bertz CT molecular complexity index is 3320. The van der Waals surface area contributed by atoms with Gasteiger partial charge in [0.15, 0.2) is 0 Å². The number of benzene rings is 4. The molecule has 7 aliphatic rings. The number of carbonyl (C=O) groups is 4. The van der Waals surface area contributed by atoms with E-state index < -0.39 is 37.9 Å². The van der Waals surface area contributed by atoms with E-state index in [0.29, 0.717) is 79.1 Å². The molecule has 4 aromatic rings. The van der Waals surface area contributed by atoms with E-state index in [1.165, 1.54) is 82.7 Å². The van der Waals surface area contributed by atoms with Crippen LogP contribution in [0.4, 0.5) is 31.9 Å². The summed E-state index contributed by atoms with van der Waals surface area (Å²) >= 11 is 11.4. The third kappa shape index (κ3) is 67.0. The molecule has 2 N–H and O–H groups in total. The van der Waals surface area contributed by atoms with E-state index in [1.807, 2.05) is 95.1 Å². The van der Waals surface area contributed by atoms with Crippen molar-refractivity contribution >= 4 is 122 Å². The Labute approximate surface area is 844 Å². The number of hydrogen-bond acceptors (Lipinski definition) is 18. The van der Waals surface area contributed by atoms with E-state index in [4.69, 9.17) is 42.6 Å². The number of ketones is 1. The minimum atomic E-state index is -1.42. The zero-order valence-corrected chi connectivity index (χ0v) is 88.8. The molecule has 0 unspecified atom stereocenters. The van der Waals surface area contributed by atoms with Crippen LogP contribution in [-0.4, -0.2) is 254 Å². The number of Topliss-reactive ketones (excluding diaryl/α,β-unsaturated/α-hetero) is 1. The van der Waals surface area contributed by atoms with Gasteiger partial charge in [0.05, 0.1) is 53.5 Å². The molecule has 674 valence electrons. The molecule has 0 bridgehead atoms. The zero-order chi connectivity index (χ0) is 84.3. The molecule has 2 spiro atoms. The summed E-state index contributed by atoms with van der Waals surface area (Å²) in [7, 11) is 3.16. The molecule has 3 amide bonds. The molecular weight excluding hydrogens is 2000 g/mol. The maximum atomic E-state index is 13.5. The third-order valence-corrected chi connectivity index (χ3v) is 15.9. The number of amides is 3. The molecule has 0 aromatic heterocycles. The van der Waals surface area contributed by atoms with Crippen molar-refractivity contribution in [2.75, 3.05) is 125 Å². The van der Waals surface area contributed by atoms with E-state index in [2.05, 4.69) is 55.6 Å². The smallest absolute Gasteiger partial charge is 1.00 e. The molecule has 0 saturated carbocycles. The second-order valence-electron chi connectivity index (χ2n) is 31.2. The molecule has 20 nitrogen and oxygen atoms in total. The average Bonchev–Trinajstić information content (AvgIpc) is 1.63. The molecule has 0 radical (unpaired) electrons. The van der Waals surface area contributed by atoms with Gasteiger partial charge in [-0.1, -0.05) is 35.6 Å². The number of epoxide rings is 1. The van der Waals surface area contributed by atoms with Crippen LogP contribution in [-0.2, 0) is 69.7 Å². The number of fused-ring (bicyclic) bond motifs is 1. The molecule has 118 heavy (non-hydrogen) atoms. The van der Waals surface area contributed by atoms with Crippen molar-refractivity contribution in [3.05, 3.63) is 124 Å². The minimum Gasteiger partial charge on any atom is -1.00 e. The molecule has 0 aliphatic carbocycles. The Hall–Kier alpha value is -0.272. The van der Waals surface area contributed by atoms with E-state index in [-0.39, 0.29) is 231 Å². The first-order chi connectivity index (χ1) is 51.1. The number of hydrogen-bond donors (Lipinski definition) is 2. The number of carbonyl (C=O) groups excluding carboxylic acids is 4. The van der Waals surface area contributed by atoms with Gasteiger partial charge in [0.25, 0.3) is 0 Å². The van der Waals surface area contributed by atoms with Crippen LogP contribution in [0.3, 0.4) is 0 Å². The maximum Gasteiger partial charge on any atom is 2.00 e. The molecule has 4 aromatic carbocycles. The SMILES string of the molecule is C.C.C1CCOC1.CC(C)(C)OC(=O)N1CCC(=O)CC1.CC(C)(C)OC(=O)N1CCC2(CC1)CO2.CC(C)(C)[O-].COc1[c-]cc(F)cc1.COc1ccc(F)cc1Br.COc1ccc(F)cc1CC1(O)CCN(C(=O)OC(C)(C)C)CC1.CSC.C[CH-]C.C[S+](C)(C)=O.Fc1ccc2c(c1)CC1(CCNCC1)O2.[Br-].[Cl-].[Cu][Br].[I-].[K+].[Mg+2].[Mg+2]. The van der Waals surface area contributed by atoms with Crippen molar-refractivity contribution in [2.45, 2.75) is 228 Å². The van der Waals surface area contributed by atoms with Gasteiger partial charge >= 0.3 is 144 Å². The predicted octanol–water partition coefficient (Wildman–Crippen LogP) is 5.52. The summed E-state index contributed by atoms with van der Waals surface area (Å²) in [6.45, 7) is 33.7. The van der Waals surface area contributed by atoms with E-state index in [1.54, 1.807) is 90.3 Å². The first-order valence-corrected chi connectivity index (χ1v) is 44.1. The van der Waals surface area contributed by atoms with Crippen LogP contribution >= 0.6 is 41.8 Å². The van der Waals surface area contributed by atoms with Gasteiger partial charge in [-0.15, -0.1) is 34.1 Å². The Morgan fingerprint density at radius 3 is 1.36 bits per heavy atom. The van der Waals surface area contributed by atoms with E-state index in [9.17, 15) is 51.2 Å². The van der Waals surface area contributed by atoms with Gasteiger partial charge in [0.2, 0.25) is 0 Å². The first-order valence-electron chi connectivity index (χ1n) is 36.5. The molecule has 0 atom stereocenters. The van der Waals surface area contributed by atoms with Gasteiger partial charge in [-0.3, -0.25) is 9.18 Å². The van der Waals surface area contributed by atoms with Crippen LogP contribution in [0.2, 0.25) is 0 Å². The molecule has 6 saturated heterocycles. The fourth-order valence-electron chi connectivity index (χ4n) is 10.2. The van der Waals surface area contributed by atoms with Crippen LogP contribution in [0, 0.1) is 35.8 Å². The normalized spacial score (nSPS) is 15.5. The zero-order valence-electron chi connectivity index (χ0n) is 72.6. The Kier molecular flexibility index (Phi) is 80.2. The second kappa shape index (κ2) is 69.7. The average molecular weight is 2140 g/mol. The number of ether oxygens (including phenoxy) is 9. The largest absolute Gasteiger partial charge is 2.00 e. The summed E-state index contributed by atoms with van der Waals surface area (Å²) in [5.41, 5.74) is -1.41. The van der Waals surface area contributed by atoms with E-state index in [0.717, 1.165) is 89.4 Å². The summed E-state index contributed by atoms with van der Waals surface area (Å²) in [6, 6.07) is 20.1. The number of nitrogens with zero attached hydrogens (tertiary/aromatic N) is 3. The van der Waals surface area contributed by atoms with Gasteiger partial charge in [-0.2, -0.15) is 25.6 Å². The molecule has 6 fully saturated rings. The number of methoxy groups -OCH3 is 3. The predicted molar refractivity (Wildman–Crippen MR) is 459 cm³/mol. The molecule has 11 rings (SSSR count). The molecule has 7 heterocycles. The summed E-state index contributed by atoms with van der Waals surface area (Å²) < 4.78 is 109. The quantitative estimate of drug-likeness (QED) is 0.0476. The third-order valence-electron chi connectivity index (χ3n) is 15.2. The van der Waals surface area contributed by atoms with Gasteiger partial charge in [-0.25, -0.2) is 27.6 Å². The second-order valence-corrected chi connectivity index (χ2v) is 36.4. The summed E-state index contributed by atoms with van der Waals surface area (Å²) in [5, 5.41) is 24.2. The van der Waals surface area contributed by atoms with Crippen LogP contribution < -0.4 is 134 Å². The molecular formula is C83H135Br3ClCuF4IKMg2N4O16S2. The molecule has 35 heteroatoms. The summed E-state index contributed by atoms with van der Waals surface area (Å²) in [5.74, 6) is 1.76. The topological polar surface area (TPSA) is 237 Å². The maximum absolute atomic E-state index is 13.5. The number of nitrogens with one attached hydrogen (secondary N) is 1. The first kappa shape index (κ1) is 136. The number of likely N-dealkylation sites (tertiary alicyclic amines) is 3. The Morgan fingerprint density at radius 1 is 0.653 bits per heavy atom. The van der Waals surface area contributed by atoms with Crippen LogP contribution in [0.25, 0.3) is 0 Å². The van der Waals surface area contributed by atoms with Gasteiger partial charge < -0.3 is 133 Å². The summed E-state index contributed by atoms with van der Waals surface area (Å²) in [4.78, 5) is 51.2. The standard InChI is InChI=1S/C18H26FNO4.C12H14FNO.C11H19NO3.C10H17NO3.C7H6BrFO.C7H6FO.C4H8O.C4H9O.C3H9OS.C3H7.C2H6S.2CH4.2BrH.ClH.Cu.HI.K.2Mg/c1-17(2,3)24-16(21)20-9-7-18(22,8-10-20)12-13-11-14(19)5-6-15(13)23-4;13-10-1-2-11-9(7-10)8-12(15-11)3-5-14-6-4-12;1-10(2,3)15-9(13)12-6-4-11(5-7-12)8-14-11;1-10(2,3)14-9(13)11-6-4-8(12)5-7-11;1-10-7-3-2-5(9)4-6(7)8;1-9-7-4-2-6(8)3-5-7;1-2-4-5-3-1;1-4(2,3)5;1-5(2,3)4;2*1-3-2;;;;;;;;;;/h5-6,11,22H,7-10,12H2,1-4H3;1-2,7,14H,3-6,8H2;4-8H2,1-3H3;4-7H2,1-3H3;2-4H,1H3;2-4H,1H3;1-4H2;2*1-3H3;3H,1-2H3;1-2H3;2*1H4;3*1H;;1H;;;/q;;;;;-1;;-1;+1;-1;;;;;;;+1;;+1;2*+2/p-4. The van der Waals surface area contributed by atoms with Gasteiger partial charge in [0, 0.05) is 95.3 Å². The fourth-order valence-corrected chi connectivity index (χ4v) is 10.7. The Balaban J connectivity index is -0.000000164. The van der Waals surface area contributed by atoms with Crippen molar-refractivity contribution in [3.63, 3.8) is 0 Å². The number of halogens is 9. The van der Waals surface area contributed by atoms with Crippen molar-refractivity contribution in [1.82, 2.24) is 20.0 Å². The fraction of sp³-hybridized carbons (Fsp3) is 0.651. The van der Waals surface area contributed by atoms with Crippen LogP contribution in [0.1, 0.15) is 187 Å². The van der Waals surface area contributed by atoms with Crippen LogP contribution in [0.15, 0.2) is 77.3 Å².